The van der Waals surface area contributed by atoms with Crippen molar-refractivity contribution in [2.45, 2.75) is 4.90 Å². The lowest BCUT2D eigenvalue weighted by Crippen LogP contribution is -2.14. The molecule has 1 aromatic carbocycles. The Morgan fingerprint density at radius 1 is 1.45 bits per heavy atom. The maximum Gasteiger partial charge on any atom is 0.337 e. The summed E-state index contributed by atoms with van der Waals surface area (Å²) in [5, 5.41) is 14.6. The Morgan fingerprint density at radius 3 is 2.70 bits per heavy atom. The summed E-state index contributed by atoms with van der Waals surface area (Å²) in [6, 6.07) is 1.34. The minimum Gasteiger partial charge on any atom is -0.478 e. The summed E-state index contributed by atoms with van der Waals surface area (Å²) in [4.78, 5) is 10.3. The van der Waals surface area contributed by atoms with Crippen LogP contribution in [0.3, 0.4) is 0 Å². The third kappa shape index (κ3) is 2.84. The molecular formula is C8H4ClFN4O4S2. The molecule has 0 aliphatic carbocycles. The van der Waals surface area contributed by atoms with Crippen molar-refractivity contribution >= 4 is 44.3 Å². The maximum atomic E-state index is 13.5. The van der Waals surface area contributed by atoms with Crippen LogP contribution in [-0.2, 0) is 10.0 Å². The topological polar surface area (TPSA) is 122 Å². The number of anilines is 1. The Balaban J connectivity index is 2.49. The van der Waals surface area contributed by atoms with Gasteiger partial charge in [-0.3, -0.25) is 4.72 Å². The molecule has 0 atom stereocenters. The number of nitrogens with zero attached hydrogens (tertiary/aromatic N) is 3. The van der Waals surface area contributed by atoms with Crippen molar-refractivity contribution in [3.8, 4) is 0 Å². The van der Waals surface area contributed by atoms with E-state index in [9.17, 15) is 17.6 Å². The quantitative estimate of drug-likeness (QED) is 0.859. The lowest BCUT2D eigenvalue weighted by molar-refractivity contribution is 0.0696. The predicted molar refractivity (Wildman–Crippen MR) is 66.9 cm³/mol. The number of hydrogen-bond acceptors (Lipinski definition) is 7. The highest BCUT2D eigenvalue weighted by molar-refractivity contribution is 7.93. The van der Waals surface area contributed by atoms with Crippen molar-refractivity contribution in [3.05, 3.63) is 28.5 Å². The zero-order chi connectivity index (χ0) is 14.9. The van der Waals surface area contributed by atoms with E-state index in [1.165, 1.54) is 0 Å². The normalized spacial score (nSPS) is 11.3. The van der Waals surface area contributed by atoms with Crippen molar-refractivity contribution in [3.63, 3.8) is 0 Å². The molecule has 2 aromatic rings. The molecule has 106 valence electrons. The van der Waals surface area contributed by atoms with Crippen LogP contribution in [0.4, 0.5) is 9.52 Å². The number of carboxylic acids is 1. The first kappa shape index (κ1) is 14.6. The van der Waals surface area contributed by atoms with Crippen LogP contribution in [0.25, 0.3) is 0 Å². The Bertz CT molecular complexity index is 765. The van der Waals surface area contributed by atoms with Crippen molar-refractivity contribution in [2.24, 2.45) is 0 Å². The monoisotopic (exact) mass is 338 g/mol. The van der Waals surface area contributed by atoms with Crippen LogP contribution >= 0.6 is 23.1 Å². The average molecular weight is 339 g/mol. The largest absolute Gasteiger partial charge is 0.478 e. The van der Waals surface area contributed by atoms with Crippen LogP contribution in [0, 0.1) is 5.82 Å². The van der Waals surface area contributed by atoms with Gasteiger partial charge in [0.1, 0.15) is 5.82 Å². The second-order valence-electron chi connectivity index (χ2n) is 3.34. The van der Waals surface area contributed by atoms with Crippen LogP contribution in [0.2, 0.25) is 5.02 Å². The van der Waals surface area contributed by atoms with Gasteiger partial charge in [0.25, 0.3) is 10.0 Å². The fourth-order valence-electron chi connectivity index (χ4n) is 1.22. The van der Waals surface area contributed by atoms with E-state index in [4.69, 9.17) is 16.7 Å². The van der Waals surface area contributed by atoms with Crippen LogP contribution in [0.1, 0.15) is 10.4 Å². The number of benzene rings is 1. The maximum absolute atomic E-state index is 13.5. The van der Waals surface area contributed by atoms with Gasteiger partial charge in [-0.25, -0.2) is 17.6 Å². The lowest BCUT2D eigenvalue weighted by atomic mass is 10.2. The van der Waals surface area contributed by atoms with Gasteiger partial charge in [0.15, 0.2) is 0 Å². The molecule has 0 saturated carbocycles. The molecule has 2 N–H and O–H groups in total. The highest BCUT2D eigenvalue weighted by Crippen LogP contribution is 2.25. The van der Waals surface area contributed by atoms with Gasteiger partial charge in [-0.15, -0.1) is 0 Å². The van der Waals surface area contributed by atoms with E-state index in [0.717, 1.165) is 6.07 Å². The highest BCUT2D eigenvalue weighted by Gasteiger charge is 2.22. The van der Waals surface area contributed by atoms with Crippen molar-refractivity contribution in [1.29, 1.82) is 0 Å². The zero-order valence-electron chi connectivity index (χ0n) is 9.24. The van der Waals surface area contributed by atoms with Gasteiger partial charge in [0.05, 0.1) is 15.5 Å². The fraction of sp³-hybridized carbons (Fsp3) is 0. The number of carbonyl (C=O) groups is 1. The molecule has 1 aromatic heterocycles. The van der Waals surface area contributed by atoms with Gasteiger partial charge < -0.3 is 5.11 Å². The molecule has 0 aliphatic rings. The van der Waals surface area contributed by atoms with Crippen molar-refractivity contribution in [2.75, 3.05) is 4.72 Å². The zero-order valence-corrected chi connectivity index (χ0v) is 11.6. The van der Waals surface area contributed by atoms with Gasteiger partial charge in [-0.05, 0) is 17.3 Å². The molecule has 0 amide bonds. The molecule has 20 heavy (non-hydrogen) atoms. The molecule has 8 nitrogen and oxygen atoms in total. The number of halogens is 2. The molecule has 12 heteroatoms. The average Bonchev–Trinajstić information content (AvgIpc) is 2.83. The number of aromatic nitrogens is 3. The Kier molecular flexibility index (Phi) is 3.83. The van der Waals surface area contributed by atoms with Gasteiger partial charge in [0.2, 0.25) is 5.13 Å². The van der Waals surface area contributed by atoms with Crippen molar-refractivity contribution < 1.29 is 22.7 Å². The molecule has 0 spiro atoms. The summed E-state index contributed by atoms with van der Waals surface area (Å²) in [6.45, 7) is 0. The van der Waals surface area contributed by atoms with Crippen LogP contribution in [-0.4, -0.2) is 34.3 Å². The summed E-state index contributed by atoms with van der Waals surface area (Å²) in [6.07, 6.45) is 0. The molecule has 0 bridgehead atoms. The molecule has 2 rings (SSSR count). The number of carboxylic acid groups (broad SMARTS) is 1. The summed E-state index contributed by atoms with van der Waals surface area (Å²) in [7, 11) is -4.22. The highest BCUT2D eigenvalue weighted by atomic mass is 35.5. The molecule has 0 saturated heterocycles. The van der Waals surface area contributed by atoms with E-state index in [-0.39, 0.29) is 5.13 Å². The van der Waals surface area contributed by atoms with Gasteiger partial charge in [0, 0.05) is 11.5 Å². The van der Waals surface area contributed by atoms with Crippen molar-refractivity contribution in [1.82, 2.24) is 14.8 Å². The predicted octanol–water partition coefficient (Wildman–Crippen LogP) is 1.22. The van der Waals surface area contributed by atoms with Gasteiger partial charge in [-0.1, -0.05) is 21.2 Å². The van der Waals surface area contributed by atoms with E-state index in [1.807, 2.05) is 4.72 Å². The molecule has 0 radical (unpaired) electrons. The smallest absolute Gasteiger partial charge is 0.337 e. The summed E-state index contributed by atoms with van der Waals surface area (Å²) in [5.41, 5.74) is -0.664. The number of sulfonamides is 1. The number of hydrogen-bond donors (Lipinski definition) is 2. The second-order valence-corrected chi connectivity index (χ2v) is 6.14. The third-order valence-corrected chi connectivity index (χ3v) is 4.41. The standard InChI is InChI=1S/C8H4ClFN4O4S2/c9-6-4(7(15)16)1-3(2-5(6)10)20(17,18)12-8-11-13-14-19-8/h1-2H,(H,15,16)(H,11,12,14). The van der Waals surface area contributed by atoms with E-state index < -0.39 is 37.3 Å². The molecule has 1 heterocycles. The van der Waals surface area contributed by atoms with Gasteiger partial charge in [-0.2, -0.15) is 0 Å². The number of rotatable bonds is 4. The molecule has 0 unspecified atom stereocenters. The number of aromatic carboxylic acids is 1. The SMILES string of the molecule is O=C(O)c1cc(S(=O)(=O)Nc2nnns2)cc(F)c1Cl. The second kappa shape index (κ2) is 5.26. The summed E-state index contributed by atoms with van der Waals surface area (Å²) >= 11 is 6.12. The van der Waals surface area contributed by atoms with E-state index >= 15 is 0 Å². The molecule has 0 aliphatic heterocycles. The van der Waals surface area contributed by atoms with E-state index in [1.54, 1.807) is 0 Å². The first-order valence-electron chi connectivity index (χ1n) is 4.71. The Labute approximate surface area is 120 Å². The summed E-state index contributed by atoms with van der Waals surface area (Å²) in [5.74, 6) is -2.72. The van der Waals surface area contributed by atoms with Crippen LogP contribution < -0.4 is 4.72 Å². The summed E-state index contributed by atoms with van der Waals surface area (Å²) < 4.78 is 42.7. The minimum absolute atomic E-state index is 0.141. The minimum atomic E-state index is -4.22. The third-order valence-electron chi connectivity index (χ3n) is 2.06. The first-order chi connectivity index (χ1) is 9.31. The van der Waals surface area contributed by atoms with E-state index in [0.29, 0.717) is 17.6 Å². The fourth-order valence-corrected chi connectivity index (χ4v) is 3.03. The molecular weight excluding hydrogens is 335 g/mol. The Hall–Kier alpha value is -1.85. The molecule has 0 fully saturated rings. The lowest BCUT2D eigenvalue weighted by Gasteiger charge is -2.07. The number of nitrogens with one attached hydrogen (secondary N) is 1. The first-order valence-corrected chi connectivity index (χ1v) is 7.35. The van der Waals surface area contributed by atoms with Gasteiger partial charge >= 0.3 is 5.97 Å². The Morgan fingerprint density at radius 2 is 2.15 bits per heavy atom. The van der Waals surface area contributed by atoms with E-state index in [2.05, 4.69) is 14.8 Å². The van der Waals surface area contributed by atoms with Crippen LogP contribution in [0.5, 0.6) is 0 Å². The van der Waals surface area contributed by atoms with Crippen LogP contribution in [0.15, 0.2) is 17.0 Å².